The van der Waals surface area contributed by atoms with Gasteiger partial charge in [0.2, 0.25) is 0 Å². The average Bonchev–Trinajstić information content (AvgIpc) is 2.82. The summed E-state index contributed by atoms with van der Waals surface area (Å²) in [7, 11) is 0. The smallest absolute Gasteiger partial charge is 0.255 e. The number of carbonyl (C=O) groups is 1. The number of para-hydroxylation sites is 1. The Morgan fingerprint density at radius 2 is 1.78 bits per heavy atom. The number of carbonyl (C=O) groups excluding carboxylic acids is 1. The molecule has 23 heavy (non-hydrogen) atoms. The van der Waals surface area contributed by atoms with Crippen molar-refractivity contribution in [3.8, 4) is 5.69 Å². The van der Waals surface area contributed by atoms with E-state index in [-0.39, 0.29) is 38.0 Å². The van der Waals surface area contributed by atoms with E-state index in [0.29, 0.717) is 16.9 Å². The lowest BCUT2D eigenvalue weighted by Gasteiger charge is -2.20. The number of nitrogens with zero attached hydrogens (tertiary/aromatic N) is 2. The molecular weight excluding hydrogens is 299 g/mol. The van der Waals surface area contributed by atoms with Crippen LogP contribution in [-0.2, 0) is 0 Å². The molecule has 0 saturated carbocycles. The maximum atomic E-state index is 14.1. The van der Waals surface area contributed by atoms with Crippen molar-refractivity contribution in [3.05, 3.63) is 53.1 Å². The minimum Gasteiger partial charge on any atom is -0.395 e. The lowest BCUT2D eigenvalue weighted by atomic mass is 10.2. The van der Waals surface area contributed by atoms with E-state index in [1.807, 2.05) is 0 Å². The Kier molecular flexibility index (Phi) is 5.52. The van der Waals surface area contributed by atoms with E-state index in [1.165, 1.54) is 11.0 Å². The van der Waals surface area contributed by atoms with E-state index >= 15 is 0 Å². The topological polar surface area (TPSA) is 65.7 Å². The summed E-state index contributed by atoms with van der Waals surface area (Å²) in [5, 5.41) is 18.1. The van der Waals surface area contributed by atoms with Crippen LogP contribution in [0.2, 0.25) is 0 Å². The molecule has 0 aliphatic heterocycles. The first-order valence-corrected chi connectivity index (χ1v) is 7.46. The van der Waals surface area contributed by atoms with Gasteiger partial charge in [-0.1, -0.05) is 12.1 Å². The van der Waals surface area contributed by atoms with Gasteiger partial charge in [0.25, 0.3) is 5.91 Å². The number of amides is 1. The number of halogens is 1. The Morgan fingerprint density at radius 3 is 2.35 bits per heavy atom. The highest BCUT2D eigenvalue weighted by molar-refractivity contribution is 5.96. The van der Waals surface area contributed by atoms with Gasteiger partial charge in [0, 0.05) is 24.5 Å². The highest BCUT2D eigenvalue weighted by Crippen LogP contribution is 2.23. The van der Waals surface area contributed by atoms with Crippen molar-refractivity contribution in [2.75, 3.05) is 26.3 Å². The van der Waals surface area contributed by atoms with Crippen LogP contribution in [0.5, 0.6) is 0 Å². The second-order valence-electron chi connectivity index (χ2n) is 5.31. The Hall–Kier alpha value is -2.18. The zero-order valence-electron chi connectivity index (χ0n) is 13.3. The van der Waals surface area contributed by atoms with Gasteiger partial charge in [-0.25, -0.2) is 4.39 Å². The molecule has 5 nitrogen and oxygen atoms in total. The summed E-state index contributed by atoms with van der Waals surface area (Å²) in [5.74, 6) is -0.653. The predicted molar refractivity (Wildman–Crippen MR) is 85.3 cm³/mol. The summed E-state index contributed by atoms with van der Waals surface area (Å²) in [6.45, 7) is 3.47. The minimum atomic E-state index is -0.365. The molecule has 2 rings (SSSR count). The molecule has 1 aromatic heterocycles. The average molecular weight is 320 g/mol. The largest absolute Gasteiger partial charge is 0.395 e. The Bertz CT molecular complexity index is 691. The van der Waals surface area contributed by atoms with E-state index in [9.17, 15) is 9.18 Å². The number of aromatic nitrogens is 1. The molecule has 6 heteroatoms. The van der Waals surface area contributed by atoms with Crippen molar-refractivity contribution in [1.82, 2.24) is 9.47 Å². The van der Waals surface area contributed by atoms with E-state index in [2.05, 4.69) is 0 Å². The van der Waals surface area contributed by atoms with Gasteiger partial charge < -0.3 is 19.7 Å². The predicted octanol–water partition coefficient (Wildman–Crippen LogP) is 1.66. The second-order valence-corrected chi connectivity index (χ2v) is 5.31. The van der Waals surface area contributed by atoms with Gasteiger partial charge in [0.15, 0.2) is 0 Å². The van der Waals surface area contributed by atoms with Crippen molar-refractivity contribution in [2.45, 2.75) is 13.8 Å². The molecule has 0 bridgehead atoms. The SMILES string of the molecule is Cc1cc(C(=O)N(CCO)CCO)c(C)n1-c1ccccc1F. The molecule has 0 unspecified atom stereocenters. The number of hydrogen-bond donors (Lipinski definition) is 2. The third-order valence-corrected chi connectivity index (χ3v) is 3.78. The van der Waals surface area contributed by atoms with Crippen molar-refractivity contribution < 1.29 is 19.4 Å². The van der Waals surface area contributed by atoms with Gasteiger partial charge in [-0.2, -0.15) is 0 Å². The lowest BCUT2D eigenvalue weighted by molar-refractivity contribution is 0.0684. The van der Waals surface area contributed by atoms with Crippen LogP contribution < -0.4 is 0 Å². The van der Waals surface area contributed by atoms with Crippen LogP contribution in [0.4, 0.5) is 4.39 Å². The lowest BCUT2D eigenvalue weighted by Crippen LogP contribution is -2.36. The van der Waals surface area contributed by atoms with E-state index in [0.717, 1.165) is 5.69 Å². The number of hydrogen-bond acceptors (Lipinski definition) is 3. The van der Waals surface area contributed by atoms with Crippen LogP contribution in [0, 0.1) is 19.7 Å². The highest BCUT2D eigenvalue weighted by atomic mass is 19.1. The Labute approximate surface area is 134 Å². The molecular formula is C17H21FN2O3. The molecule has 0 aliphatic carbocycles. The molecule has 1 amide bonds. The first-order valence-electron chi connectivity index (χ1n) is 7.46. The third kappa shape index (κ3) is 3.43. The number of aryl methyl sites for hydroxylation is 1. The van der Waals surface area contributed by atoms with E-state index < -0.39 is 0 Å². The van der Waals surface area contributed by atoms with Gasteiger partial charge in [0.1, 0.15) is 5.82 Å². The maximum Gasteiger partial charge on any atom is 0.255 e. The summed E-state index contributed by atoms with van der Waals surface area (Å²) in [5.41, 5.74) is 2.19. The third-order valence-electron chi connectivity index (χ3n) is 3.78. The zero-order chi connectivity index (χ0) is 17.0. The van der Waals surface area contributed by atoms with E-state index in [4.69, 9.17) is 10.2 Å². The molecule has 1 aromatic carbocycles. The molecule has 0 atom stereocenters. The second kappa shape index (κ2) is 7.39. The fourth-order valence-electron chi connectivity index (χ4n) is 2.71. The molecule has 0 spiro atoms. The van der Waals surface area contributed by atoms with Gasteiger partial charge in [-0.3, -0.25) is 4.79 Å². The first-order chi connectivity index (χ1) is 11.0. The fraction of sp³-hybridized carbons (Fsp3) is 0.353. The number of benzene rings is 1. The monoisotopic (exact) mass is 320 g/mol. The van der Waals surface area contributed by atoms with Crippen LogP contribution in [0.25, 0.3) is 5.69 Å². The van der Waals surface area contributed by atoms with E-state index in [1.54, 1.807) is 42.7 Å². The Morgan fingerprint density at radius 1 is 1.17 bits per heavy atom. The van der Waals surface area contributed by atoms with Gasteiger partial charge in [-0.15, -0.1) is 0 Å². The van der Waals surface area contributed by atoms with Gasteiger partial charge in [0.05, 0.1) is 24.5 Å². The van der Waals surface area contributed by atoms with Crippen LogP contribution in [0.1, 0.15) is 21.7 Å². The summed E-state index contributed by atoms with van der Waals surface area (Å²) in [6.07, 6.45) is 0. The summed E-state index contributed by atoms with van der Waals surface area (Å²) in [6, 6.07) is 8.08. The molecule has 0 aliphatic rings. The molecule has 0 fully saturated rings. The maximum absolute atomic E-state index is 14.1. The minimum absolute atomic E-state index is 0.142. The molecule has 2 aromatic rings. The normalized spacial score (nSPS) is 10.8. The van der Waals surface area contributed by atoms with Crippen LogP contribution >= 0.6 is 0 Å². The quantitative estimate of drug-likeness (QED) is 0.851. The van der Waals surface area contributed by atoms with Crippen molar-refractivity contribution in [1.29, 1.82) is 0 Å². The fourth-order valence-corrected chi connectivity index (χ4v) is 2.71. The van der Waals surface area contributed by atoms with Crippen molar-refractivity contribution >= 4 is 5.91 Å². The summed E-state index contributed by atoms with van der Waals surface area (Å²) < 4.78 is 15.8. The first kappa shape index (κ1) is 17.2. The number of aliphatic hydroxyl groups excluding tert-OH is 2. The summed E-state index contributed by atoms with van der Waals surface area (Å²) >= 11 is 0. The molecule has 1 heterocycles. The standard InChI is InChI=1S/C17H21FN2O3/c1-12-11-14(17(23)19(7-9-21)8-10-22)13(2)20(12)16-6-4-3-5-15(16)18/h3-6,11,21-22H,7-10H2,1-2H3. The molecule has 0 radical (unpaired) electrons. The number of rotatable bonds is 6. The Balaban J connectivity index is 2.45. The molecule has 2 N–H and O–H groups in total. The number of aliphatic hydroxyl groups is 2. The van der Waals surface area contributed by atoms with Crippen molar-refractivity contribution in [2.24, 2.45) is 0 Å². The zero-order valence-corrected chi connectivity index (χ0v) is 13.3. The van der Waals surface area contributed by atoms with Crippen LogP contribution in [0.15, 0.2) is 30.3 Å². The summed E-state index contributed by atoms with van der Waals surface area (Å²) in [4.78, 5) is 14.0. The van der Waals surface area contributed by atoms with Crippen LogP contribution in [-0.4, -0.2) is 51.9 Å². The molecule has 0 saturated heterocycles. The molecule has 124 valence electrons. The van der Waals surface area contributed by atoms with Crippen LogP contribution in [0.3, 0.4) is 0 Å². The van der Waals surface area contributed by atoms with Crippen molar-refractivity contribution in [3.63, 3.8) is 0 Å². The van der Waals surface area contributed by atoms with Gasteiger partial charge in [-0.05, 0) is 32.0 Å². The van der Waals surface area contributed by atoms with Gasteiger partial charge >= 0.3 is 0 Å². The highest BCUT2D eigenvalue weighted by Gasteiger charge is 2.22.